The smallest absolute Gasteiger partial charge is 0.394 e. The first-order chi connectivity index (χ1) is 17.0. The molecule has 1 unspecified atom stereocenters. The van der Waals surface area contributed by atoms with Gasteiger partial charge in [0.2, 0.25) is 0 Å². The molecule has 0 aliphatic heterocycles. The number of unbranched alkanes of at least 4 members (excludes halogenated alkanes) is 2. The maximum absolute atomic E-state index is 6.35. The highest BCUT2D eigenvalue weighted by Crippen LogP contribution is 2.30. The van der Waals surface area contributed by atoms with Gasteiger partial charge in [-0.1, -0.05) is 26.7 Å². The summed E-state index contributed by atoms with van der Waals surface area (Å²) < 4.78 is 30.6. The molecule has 0 aliphatic rings. The first-order valence-corrected chi connectivity index (χ1v) is 18.7. The van der Waals surface area contributed by atoms with Crippen LogP contribution in [0.5, 0.6) is 0 Å². The molecule has 0 rings (SSSR count). The van der Waals surface area contributed by atoms with Crippen molar-refractivity contribution < 1.29 is 22.1 Å². The highest BCUT2D eigenvalue weighted by molar-refractivity contribution is 6.73. The predicted octanol–water partition coefficient (Wildman–Crippen LogP) is 4.81. The topological polar surface area (TPSA) is 52.6 Å². The molecular formula is C25H57N2O5Si3. The molecule has 0 aliphatic carbocycles. The van der Waals surface area contributed by atoms with Crippen molar-refractivity contribution in [3.63, 3.8) is 0 Å². The van der Waals surface area contributed by atoms with E-state index in [9.17, 15) is 0 Å². The summed E-state index contributed by atoms with van der Waals surface area (Å²) in [4.78, 5) is 4.96. The van der Waals surface area contributed by atoms with E-state index in [4.69, 9.17) is 22.1 Å². The molecule has 0 fully saturated rings. The van der Waals surface area contributed by atoms with Gasteiger partial charge in [-0.3, -0.25) is 0 Å². The van der Waals surface area contributed by atoms with E-state index < -0.39 is 18.1 Å². The second kappa shape index (κ2) is 23.5. The minimum absolute atomic E-state index is 0.365. The van der Waals surface area contributed by atoms with E-state index in [2.05, 4.69) is 51.5 Å². The van der Waals surface area contributed by atoms with Crippen molar-refractivity contribution in [3.05, 3.63) is 0 Å². The van der Waals surface area contributed by atoms with Crippen molar-refractivity contribution in [2.75, 3.05) is 72.4 Å². The van der Waals surface area contributed by atoms with Gasteiger partial charge in [-0.25, -0.2) is 0 Å². The lowest BCUT2D eigenvalue weighted by atomic mass is 10.2. The van der Waals surface area contributed by atoms with Crippen molar-refractivity contribution in [1.82, 2.24) is 9.80 Å². The molecule has 0 amide bonds. The van der Waals surface area contributed by atoms with Crippen molar-refractivity contribution in [3.8, 4) is 0 Å². The van der Waals surface area contributed by atoms with Gasteiger partial charge in [0.25, 0.3) is 0 Å². The zero-order valence-corrected chi connectivity index (χ0v) is 27.3. The molecule has 3 radical (unpaired) electrons. The molecule has 0 N–H and O–H groups in total. The van der Waals surface area contributed by atoms with E-state index >= 15 is 0 Å². The summed E-state index contributed by atoms with van der Waals surface area (Å²) in [6, 6.07) is 1.03. The Labute approximate surface area is 223 Å². The predicted molar refractivity (Wildman–Crippen MR) is 152 cm³/mol. The first-order valence-electron chi connectivity index (χ1n) is 14.1. The minimum atomic E-state index is -2.72. The fourth-order valence-electron chi connectivity index (χ4n) is 4.18. The molecule has 0 aromatic carbocycles. The highest BCUT2D eigenvalue weighted by atomic mass is 28.4. The fraction of sp³-hybridized carbons (Fsp3) is 1.00. The van der Waals surface area contributed by atoms with Gasteiger partial charge in [0, 0.05) is 38.2 Å². The maximum atomic E-state index is 6.35. The van der Waals surface area contributed by atoms with Crippen molar-refractivity contribution >= 4 is 27.6 Å². The Balaban J connectivity index is 4.98. The number of hydrogen-bond acceptors (Lipinski definition) is 7. The van der Waals surface area contributed by atoms with Crippen LogP contribution in [0.2, 0.25) is 11.2 Å². The van der Waals surface area contributed by atoms with Crippen LogP contribution in [0.1, 0.15) is 80.6 Å². The van der Waals surface area contributed by atoms with E-state index in [1.807, 2.05) is 13.8 Å². The average Bonchev–Trinajstić information content (AvgIpc) is 2.84. The Morgan fingerprint density at radius 3 is 1.77 bits per heavy atom. The standard InChI is InChI=1S/C25H57N2O5Si3/c1-9-27(10-2)22-18-16-17-20-25(35(30-13-5,31-14-6)32-15-7)33-24-26(8)21-19-23-34(28-11-3)29-12-4/h25H,9-24H2,1-8H3. The van der Waals surface area contributed by atoms with Crippen LogP contribution in [0.15, 0.2) is 0 Å². The SMILES string of the molecule is CCO[Si](CCCN(C)C[Si]C(CCCCCN(CC)CC)[Si](OCC)(OCC)OCC)OCC. The number of nitrogens with zero attached hydrogens (tertiary/aromatic N) is 2. The van der Waals surface area contributed by atoms with Crippen LogP contribution in [-0.2, 0) is 22.1 Å². The number of rotatable bonds is 26. The summed E-state index contributed by atoms with van der Waals surface area (Å²) in [6.45, 7) is 22.7. The molecular weight excluding hydrogens is 493 g/mol. The van der Waals surface area contributed by atoms with Gasteiger partial charge in [-0.2, -0.15) is 0 Å². The Bertz CT molecular complexity index is 442. The largest absolute Gasteiger partial charge is 0.500 e. The van der Waals surface area contributed by atoms with Gasteiger partial charge in [0.05, 0.1) is 9.52 Å². The lowest BCUT2D eigenvalue weighted by Crippen LogP contribution is -2.53. The lowest BCUT2D eigenvalue weighted by molar-refractivity contribution is 0.0666. The molecule has 7 nitrogen and oxygen atoms in total. The maximum Gasteiger partial charge on any atom is 0.500 e. The molecule has 1 atom stereocenters. The van der Waals surface area contributed by atoms with Gasteiger partial charge in [0.15, 0.2) is 0 Å². The molecule has 0 aromatic heterocycles. The summed E-state index contributed by atoms with van der Waals surface area (Å²) in [7, 11) is -0.868. The van der Waals surface area contributed by atoms with Gasteiger partial charge in [0.1, 0.15) is 0 Å². The van der Waals surface area contributed by atoms with Crippen molar-refractivity contribution in [1.29, 1.82) is 0 Å². The van der Waals surface area contributed by atoms with Gasteiger partial charge in [-0.15, -0.1) is 0 Å². The van der Waals surface area contributed by atoms with Crippen LogP contribution in [0, 0.1) is 0 Å². The van der Waals surface area contributed by atoms with Crippen LogP contribution in [-0.4, -0.2) is 110 Å². The molecule has 209 valence electrons. The van der Waals surface area contributed by atoms with Crippen LogP contribution >= 0.6 is 0 Å². The van der Waals surface area contributed by atoms with Crippen LogP contribution in [0.4, 0.5) is 0 Å². The molecule has 0 saturated carbocycles. The Morgan fingerprint density at radius 1 is 0.714 bits per heavy atom. The van der Waals surface area contributed by atoms with Crippen molar-refractivity contribution in [2.24, 2.45) is 0 Å². The normalized spacial score (nSPS) is 13.5. The molecule has 35 heavy (non-hydrogen) atoms. The molecule has 0 saturated heterocycles. The average molecular weight is 550 g/mol. The molecule has 0 heterocycles. The van der Waals surface area contributed by atoms with Crippen molar-refractivity contribution in [2.45, 2.75) is 91.8 Å². The second-order valence-electron chi connectivity index (χ2n) is 8.61. The fourth-order valence-corrected chi connectivity index (χ4v) is 11.4. The monoisotopic (exact) mass is 549 g/mol. The summed E-state index contributed by atoms with van der Waals surface area (Å²) in [5.74, 6) is 0. The Hall–Kier alpha value is 0.371. The summed E-state index contributed by atoms with van der Waals surface area (Å²) in [5.41, 5.74) is 0. The zero-order chi connectivity index (χ0) is 26.4. The van der Waals surface area contributed by atoms with Crippen LogP contribution in [0.3, 0.4) is 0 Å². The van der Waals surface area contributed by atoms with E-state index in [0.717, 1.165) is 67.4 Å². The summed E-state index contributed by atoms with van der Waals surface area (Å²) in [5, 5.41) is 0.365. The van der Waals surface area contributed by atoms with E-state index in [-0.39, 0.29) is 0 Å². The molecule has 0 bridgehead atoms. The second-order valence-corrected chi connectivity index (χ2v) is 15.2. The quantitative estimate of drug-likeness (QED) is 0.113. The summed E-state index contributed by atoms with van der Waals surface area (Å²) in [6.07, 6.45) is 7.00. The van der Waals surface area contributed by atoms with E-state index in [1.54, 1.807) is 0 Å². The van der Waals surface area contributed by atoms with Gasteiger partial charge in [-0.05, 0) is 99.3 Å². The van der Waals surface area contributed by atoms with Crippen LogP contribution in [0.25, 0.3) is 0 Å². The van der Waals surface area contributed by atoms with E-state index in [0.29, 0.717) is 25.0 Å². The third-order valence-electron chi connectivity index (χ3n) is 5.96. The molecule has 0 spiro atoms. The third kappa shape index (κ3) is 16.0. The minimum Gasteiger partial charge on any atom is -0.394 e. The highest BCUT2D eigenvalue weighted by Gasteiger charge is 2.48. The van der Waals surface area contributed by atoms with Gasteiger partial charge < -0.3 is 31.9 Å². The number of hydrogen-bond donors (Lipinski definition) is 0. The van der Waals surface area contributed by atoms with Crippen LogP contribution < -0.4 is 0 Å². The Morgan fingerprint density at radius 2 is 1.29 bits per heavy atom. The van der Waals surface area contributed by atoms with Gasteiger partial charge >= 0.3 is 18.1 Å². The lowest BCUT2D eigenvalue weighted by Gasteiger charge is -2.36. The third-order valence-corrected chi connectivity index (χ3v) is 14.3. The summed E-state index contributed by atoms with van der Waals surface area (Å²) >= 11 is 0. The zero-order valence-electron chi connectivity index (χ0n) is 24.3. The first kappa shape index (κ1) is 35.4. The molecule has 10 heteroatoms. The van der Waals surface area contributed by atoms with E-state index in [1.165, 1.54) is 25.8 Å². The Kier molecular flexibility index (Phi) is 23.7. The molecule has 0 aromatic rings.